The first kappa shape index (κ1) is 45.1. The van der Waals surface area contributed by atoms with E-state index in [2.05, 4.69) is 26.9 Å². The van der Waals surface area contributed by atoms with E-state index in [-0.39, 0.29) is 5.56 Å². The molecular formula is C39H47N5O12S4. The molecule has 0 aromatic carbocycles. The van der Waals surface area contributed by atoms with Gasteiger partial charge in [-0.05, 0) is 55.0 Å². The SMILES string of the molecule is CCCCCCCCCCCCCCN1CC=CC=C1c1cc2[nH]c1c(S(=O)(=O)O)c1nc(c(S(=O)(=O)O)c3ccc([nH]3)c(S(=O)(=O)O)c3nc(c2S(=O)(=O)O)C=C3)C=C1. The van der Waals surface area contributed by atoms with Gasteiger partial charge >= 0.3 is 0 Å². The number of aromatic amines is 2. The van der Waals surface area contributed by atoms with Gasteiger partial charge in [-0.2, -0.15) is 33.7 Å². The molecule has 0 saturated carbocycles. The Balaban J connectivity index is 1.54. The van der Waals surface area contributed by atoms with Crippen molar-refractivity contribution in [3.8, 4) is 0 Å². The molecule has 3 aliphatic heterocycles. The zero-order chi connectivity index (χ0) is 43.5. The predicted molar refractivity (Wildman–Crippen MR) is 228 cm³/mol. The summed E-state index contributed by atoms with van der Waals surface area (Å²) in [5.41, 5.74) is -3.48. The van der Waals surface area contributed by atoms with Crippen LogP contribution in [0.1, 0.15) is 112 Å². The minimum atomic E-state index is -5.32. The monoisotopic (exact) mass is 905 g/mol. The normalized spacial score (nSPS) is 14.6. The van der Waals surface area contributed by atoms with E-state index in [4.69, 9.17) is 0 Å². The third-order valence-corrected chi connectivity index (χ3v) is 14.1. The first-order chi connectivity index (χ1) is 28.3. The van der Waals surface area contributed by atoms with E-state index in [1.807, 2.05) is 11.0 Å². The molecule has 0 unspecified atom stereocenters. The van der Waals surface area contributed by atoms with Crippen LogP contribution in [0.5, 0.6) is 0 Å². The zero-order valence-electron chi connectivity index (χ0n) is 32.7. The second-order valence-electron chi connectivity index (χ2n) is 14.7. The van der Waals surface area contributed by atoms with Gasteiger partial charge in [0.2, 0.25) is 0 Å². The van der Waals surface area contributed by atoms with Crippen LogP contribution in [0.2, 0.25) is 0 Å². The lowest BCUT2D eigenvalue weighted by Gasteiger charge is -2.28. The summed E-state index contributed by atoms with van der Waals surface area (Å²) in [6.07, 6.45) is 22.9. The number of hydrogen-bond donors (Lipinski definition) is 6. The van der Waals surface area contributed by atoms with Crippen molar-refractivity contribution >= 4 is 92.5 Å². The number of rotatable bonds is 18. The topological polar surface area (TPSA) is 278 Å². The van der Waals surface area contributed by atoms with Gasteiger partial charge in [0, 0.05) is 24.4 Å². The number of aromatic nitrogens is 4. The molecule has 324 valence electrons. The van der Waals surface area contributed by atoms with Crippen molar-refractivity contribution < 1.29 is 51.9 Å². The molecule has 6 N–H and O–H groups in total. The molecular weight excluding hydrogens is 859 g/mol. The van der Waals surface area contributed by atoms with Crippen LogP contribution in [0.4, 0.5) is 0 Å². The van der Waals surface area contributed by atoms with E-state index < -0.39 is 105 Å². The highest BCUT2D eigenvalue weighted by Crippen LogP contribution is 2.37. The maximum absolute atomic E-state index is 13.4. The molecule has 8 bridgehead atoms. The van der Waals surface area contributed by atoms with E-state index in [1.54, 1.807) is 12.2 Å². The lowest BCUT2D eigenvalue weighted by molar-refractivity contribution is 0.411. The standard InChI is InChI=1S/C39H47N5O12S4/c1-2-3-4-5-6-7-8-9-10-11-12-14-23-44-24-15-13-16-34(44)26-25-33-38(59(51,52)53)31-20-19-29(41-31)36(57(45,46)47)27-17-18-28(40-27)37(58(48,49)50)30-21-22-32(42-30)39(35(26)43-33)60(54,55)56/h13,15-22,25,40,43H,2-12,14,23-24H2,1H3,(H,45,46,47)(H,48,49,50)(H,51,52,53)(H,54,55,56). The number of hydrogen-bond acceptors (Lipinski definition) is 11. The molecule has 6 heterocycles. The summed E-state index contributed by atoms with van der Waals surface area (Å²) in [6, 6.07) is 3.29. The fraction of sp³-hybridized carbons (Fsp3) is 0.385. The fourth-order valence-electron chi connectivity index (χ4n) is 7.63. The molecule has 0 amide bonds. The highest BCUT2D eigenvalue weighted by atomic mass is 32.2. The van der Waals surface area contributed by atoms with Crippen molar-refractivity contribution in [1.82, 2.24) is 24.8 Å². The lowest BCUT2D eigenvalue weighted by atomic mass is 10.0. The quantitative estimate of drug-likeness (QED) is 0.0366. The first-order valence-electron chi connectivity index (χ1n) is 19.5. The second-order valence-corrected chi connectivity index (χ2v) is 20.2. The summed E-state index contributed by atoms with van der Waals surface area (Å²) in [5, 5.41) is 0. The van der Waals surface area contributed by atoms with Crippen LogP contribution in [-0.2, 0) is 40.5 Å². The molecule has 3 aromatic rings. The molecule has 6 rings (SSSR count). The summed E-state index contributed by atoms with van der Waals surface area (Å²) in [5.74, 6) is 0. The average Bonchev–Trinajstić information content (AvgIpc) is 3.97. The van der Waals surface area contributed by atoms with Crippen molar-refractivity contribution in [1.29, 1.82) is 0 Å². The van der Waals surface area contributed by atoms with Crippen molar-refractivity contribution in [2.24, 2.45) is 0 Å². The van der Waals surface area contributed by atoms with E-state index in [0.717, 1.165) is 68.5 Å². The van der Waals surface area contributed by atoms with Crippen LogP contribution < -0.4 is 0 Å². The van der Waals surface area contributed by atoms with Gasteiger partial charge in [-0.25, -0.2) is 9.97 Å². The molecule has 0 atom stereocenters. The van der Waals surface area contributed by atoms with E-state index in [0.29, 0.717) is 18.8 Å². The Morgan fingerprint density at radius 1 is 0.567 bits per heavy atom. The molecule has 17 nitrogen and oxygen atoms in total. The first-order valence-corrected chi connectivity index (χ1v) is 25.3. The Morgan fingerprint density at radius 3 is 1.43 bits per heavy atom. The highest BCUT2D eigenvalue weighted by molar-refractivity contribution is 7.87. The predicted octanol–water partition coefficient (Wildman–Crippen LogP) is 7.56. The van der Waals surface area contributed by atoms with Gasteiger partial charge in [0.15, 0.2) is 0 Å². The van der Waals surface area contributed by atoms with E-state index in [9.17, 15) is 51.9 Å². The maximum atomic E-state index is 13.4. The van der Waals surface area contributed by atoms with Crippen LogP contribution in [0.25, 0.3) is 52.1 Å². The Morgan fingerprint density at radius 2 is 0.983 bits per heavy atom. The van der Waals surface area contributed by atoms with Crippen molar-refractivity contribution in [3.63, 3.8) is 0 Å². The van der Waals surface area contributed by atoms with Gasteiger partial charge in [0.05, 0.1) is 44.8 Å². The number of H-pyrrole nitrogens is 2. The van der Waals surface area contributed by atoms with Crippen LogP contribution in [-0.4, -0.2) is 89.8 Å². The minimum Gasteiger partial charge on any atom is -0.367 e. The number of fused-ring (bicyclic) bond motifs is 8. The van der Waals surface area contributed by atoms with Gasteiger partial charge in [0.25, 0.3) is 40.5 Å². The van der Waals surface area contributed by atoms with Crippen LogP contribution >= 0.6 is 0 Å². The molecule has 3 aromatic heterocycles. The molecule has 0 saturated heterocycles. The van der Waals surface area contributed by atoms with Gasteiger partial charge < -0.3 is 14.9 Å². The Hall–Kier alpha value is -4.48. The molecule has 0 radical (unpaired) electrons. The molecule has 0 spiro atoms. The molecule has 21 heteroatoms. The van der Waals surface area contributed by atoms with E-state index >= 15 is 0 Å². The largest absolute Gasteiger partial charge is 0.367 e. The summed E-state index contributed by atoms with van der Waals surface area (Å²) in [6.45, 7) is 3.06. The number of allylic oxidation sites excluding steroid dienone is 2. The summed E-state index contributed by atoms with van der Waals surface area (Å²) in [4.78, 5) is 11.7. The van der Waals surface area contributed by atoms with Gasteiger partial charge in [0.1, 0.15) is 19.6 Å². The summed E-state index contributed by atoms with van der Waals surface area (Å²) >= 11 is 0. The Kier molecular flexibility index (Phi) is 13.7. The molecule has 0 aliphatic carbocycles. The third kappa shape index (κ3) is 10.3. The Bertz CT molecular complexity index is 2910. The van der Waals surface area contributed by atoms with Gasteiger partial charge in [-0.1, -0.05) is 89.7 Å². The van der Waals surface area contributed by atoms with Crippen LogP contribution in [0.3, 0.4) is 0 Å². The fourth-order valence-corrected chi connectivity index (χ4v) is 10.7. The third-order valence-electron chi connectivity index (χ3n) is 10.3. The zero-order valence-corrected chi connectivity index (χ0v) is 36.0. The second kappa shape index (κ2) is 18.2. The molecule has 60 heavy (non-hydrogen) atoms. The molecule has 0 fully saturated rings. The summed E-state index contributed by atoms with van der Waals surface area (Å²) < 4.78 is 146. The number of nitrogens with one attached hydrogen (secondary N) is 2. The van der Waals surface area contributed by atoms with Crippen molar-refractivity contribution in [2.45, 2.75) is 104 Å². The van der Waals surface area contributed by atoms with Crippen molar-refractivity contribution in [2.75, 3.05) is 13.1 Å². The number of nitrogens with zero attached hydrogens (tertiary/aromatic N) is 3. The Labute approximate surface area is 349 Å². The maximum Gasteiger partial charge on any atom is 0.298 e. The van der Waals surface area contributed by atoms with Crippen molar-refractivity contribution in [3.05, 3.63) is 64.8 Å². The highest BCUT2D eigenvalue weighted by Gasteiger charge is 2.30. The van der Waals surface area contributed by atoms with Crippen LogP contribution in [0.15, 0.2) is 56.0 Å². The number of unbranched alkanes of at least 4 members (excludes halogenated alkanes) is 11. The lowest BCUT2D eigenvalue weighted by Crippen LogP contribution is -2.25. The smallest absolute Gasteiger partial charge is 0.298 e. The van der Waals surface area contributed by atoms with Gasteiger partial charge in [-0.3, -0.25) is 18.2 Å². The van der Waals surface area contributed by atoms with Crippen LogP contribution in [0, 0.1) is 0 Å². The summed E-state index contributed by atoms with van der Waals surface area (Å²) in [7, 11) is -21.0. The molecule has 3 aliphatic rings. The van der Waals surface area contributed by atoms with Gasteiger partial charge in [-0.15, -0.1) is 0 Å². The van der Waals surface area contributed by atoms with E-state index in [1.165, 1.54) is 51.0 Å². The average molecular weight is 906 g/mol. The minimum absolute atomic E-state index is 0.0282.